The number of carbonyl (C=O) groups is 1. The number of amides is 1. The van der Waals surface area contributed by atoms with Crippen LogP contribution in [0.2, 0.25) is 0 Å². The van der Waals surface area contributed by atoms with E-state index in [0.29, 0.717) is 13.0 Å². The van der Waals surface area contributed by atoms with Crippen molar-refractivity contribution in [2.45, 2.75) is 37.9 Å². The number of halogens is 3. The molecule has 1 N–H and O–H groups in total. The van der Waals surface area contributed by atoms with Crippen LogP contribution in [0.5, 0.6) is 0 Å². The van der Waals surface area contributed by atoms with Crippen molar-refractivity contribution in [1.82, 2.24) is 10.2 Å². The van der Waals surface area contributed by atoms with Gasteiger partial charge in [0.05, 0.1) is 12.0 Å². The molecule has 2 rings (SSSR count). The van der Waals surface area contributed by atoms with Gasteiger partial charge in [-0.05, 0) is 32.2 Å². The summed E-state index contributed by atoms with van der Waals surface area (Å²) < 4.78 is 37.8. The second-order valence-corrected chi connectivity index (χ2v) is 4.81. The van der Waals surface area contributed by atoms with Gasteiger partial charge in [-0.1, -0.05) is 0 Å². The summed E-state index contributed by atoms with van der Waals surface area (Å²) in [5.74, 6) is -1.50. The Balaban J connectivity index is 1.94. The molecule has 2 heterocycles. The van der Waals surface area contributed by atoms with Gasteiger partial charge in [0.2, 0.25) is 5.91 Å². The first kappa shape index (κ1) is 12.7. The molecule has 2 saturated heterocycles. The minimum atomic E-state index is -4.18. The predicted octanol–water partition coefficient (Wildman–Crippen LogP) is 1.54. The molecule has 98 valence electrons. The minimum absolute atomic E-state index is 0.144. The van der Waals surface area contributed by atoms with Gasteiger partial charge < -0.3 is 10.2 Å². The highest BCUT2D eigenvalue weighted by Gasteiger charge is 2.43. The van der Waals surface area contributed by atoms with Crippen LogP contribution in [-0.2, 0) is 4.79 Å². The molecule has 0 aromatic heterocycles. The van der Waals surface area contributed by atoms with Crippen molar-refractivity contribution < 1.29 is 18.0 Å². The van der Waals surface area contributed by atoms with Crippen molar-refractivity contribution in [3.63, 3.8) is 0 Å². The first-order valence-corrected chi connectivity index (χ1v) is 6.07. The Hall–Kier alpha value is -0.780. The smallest absolute Gasteiger partial charge is 0.341 e. The van der Waals surface area contributed by atoms with E-state index in [1.165, 1.54) is 4.90 Å². The van der Waals surface area contributed by atoms with Crippen LogP contribution in [0.3, 0.4) is 0 Å². The molecule has 0 saturated carbocycles. The molecule has 1 amide bonds. The topological polar surface area (TPSA) is 32.3 Å². The number of rotatable bonds is 1. The number of nitrogens with zero attached hydrogens (tertiary/aromatic N) is 1. The monoisotopic (exact) mass is 250 g/mol. The Morgan fingerprint density at radius 3 is 2.59 bits per heavy atom. The summed E-state index contributed by atoms with van der Waals surface area (Å²) in [5.41, 5.74) is 0. The standard InChI is InChI=1S/C11H17F3N2O/c12-11(13,14)8-3-2-6-16(7-8)10(17)9-4-1-5-15-9/h8-9,15H,1-7H2/t8-,9+/m1/s1. The van der Waals surface area contributed by atoms with E-state index in [0.717, 1.165) is 19.4 Å². The second-order valence-electron chi connectivity index (χ2n) is 4.81. The van der Waals surface area contributed by atoms with Crippen LogP contribution >= 0.6 is 0 Å². The largest absolute Gasteiger partial charge is 0.393 e. The summed E-state index contributed by atoms with van der Waals surface area (Å²) in [5, 5.41) is 3.03. The molecule has 6 heteroatoms. The van der Waals surface area contributed by atoms with Crippen LogP contribution in [0.25, 0.3) is 0 Å². The molecule has 3 nitrogen and oxygen atoms in total. The van der Waals surface area contributed by atoms with Crippen molar-refractivity contribution >= 4 is 5.91 Å². The zero-order valence-electron chi connectivity index (χ0n) is 9.59. The molecule has 2 aliphatic heterocycles. The fraction of sp³-hybridized carbons (Fsp3) is 0.909. The molecule has 2 aliphatic rings. The van der Waals surface area contributed by atoms with E-state index in [-0.39, 0.29) is 24.9 Å². The molecular weight excluding hydrogens is 233 g/mol. The van der Waals surface area contributed by atoms with Crippen molar-refractivity contribution in [2.24, 2.45) is 5.92 Å². The Morgan fingerprint density at radius 1 is 1.24 bits per heavy atom. The van der Waals surface area contributed by atoms with Crippen molar-refractivity contribution in [3.8, 4) is 0 Å². The molecule has 0 radical (unpaired) electrons. The molecule has 0 aromatic rings. The maximum absolute atomic E-state index is 12.6. The van der Waals surface area contributed by atoms with Crippen LogP contribution in [0.15, 0.2) is 0 Å². The lowest BCUT2D eigenvalue weighted by molar-refractivity contribution is -0.188. The molecule has 0 aliphatic carbocycles. The zero-order chi connectivity index (χ0) is 12.5. The fourth-order valence-corrected chi connectivity index (χ4v) is 2.56. The van der Waals surface area contributed by atoms with Crippen LogP contribution in [-0.4, -0.2) is 42.7 Å². The second kappa shape index (κ2) is 4.84. The first-order valence-electron chi connectivity index (χ1n) is 6.07. The van der Waals surface area contributed by atoms with Gasteiger partial charge in [-0.2, -0.15) is 13.2 Å². The Labute approximate surface area is 98.3 Å². The van der Waals surface area contributed by atoms with E-state index in [1.54, 1.807) is 0 Å². The Kier molecular flexibility index (Phi) is 3.61. The van der Waals surface area contributed by atoms with Crippen LogP contribution in [0.4, 0.5) is 13.2 Å². The maximum atomic E-state index is 12.6. The van der Waals surface area contributed by atoms with Crippen LogP contribution < -0.4 is 5.32 Å². The van der Waals surface area contributed by atoms with E-state index >= 15 is 0 Å². The van der Waals surface area contributed by atoms with Crippen LogP contribution in [0, 0.1) is 5.92 Å². The molecule has 2 atom stereocenters. The molecule has 0 unspecified atom stereocenters. The highest BCUT2D eigenvalue weighted by Crippen LogP contribution is 2.33. The highest BCUT2D eigenvalue weighted by atomic mass is 19.4. The van der Waals surface area contributed by atoms with Gasteiger partial charge >= 0.3 is 6.18 Å². The third-order valence-corrected chi connectivity index (χ3v) is 3.55. The van der Waals surface area contributed by atoms with Gasteiger partial charge in [0.15, 0.2) is 0 Å². The molecule has 17 heavy (non-hydrogen) atoms. The summed E-state index contributed by atoms with van der Waals surface area (Å²) in [7, 11) is 0. The number of piperidine rings is 1. The summed E-state index contributed by atoms with van der Waals surface area (Å²) in [4.78, 5) is 13.3. The van der Waals surface area contributed by atoms with Crippen molar-refractivity contribution in [3.05, 3.63) is 0 Å². The molecular formula is C11H17F3N2O. The number of nitrogens with one attached hydrogen (secondary N) is 1. The zero-order valence-corrected chi connectivity index (χ0v) is 9.59. The lowest BCUT2D eigenvalue weighted by Crippen LogP contribution is -2.50. The molecule has 2 fully saturated rings. The van der Waals surface area contributed by atoms with E-state index in [1.807, 2.05) is 0 Å². The first-order chi connectivity index (χ1) is 7.98. The Bertz CT molecular complexity index is 287. The van der Waals surface area contributed by atoms with E-state index in [9.17, 15) is 18.0 Å². The quantitative estimate of drug-likeness (QED) is 0.765. The van der Waals surface area contributed by atoms with Gasteiger partial charge in [0.25, 0.3) is 0 Å². The third-order valence-electron chi connectivity index (χ3n) is 3.55. The maximum Gasteiger partial charge on any atom is 0.393 e. The third kappa shape index (κ3) is 2.91. The van der Waals surface area contributed by atoms with Crippen molar-refractivity contribution in [1.29, 1.82) is 0 Å². The van der Waals surface area contributed by atoms with Gasteiger partial charge in [-0.15, -0.1) is 0 Å². The van der Waals surface area contributed by atoms with Gasteiger partial charge in [0, 0.05) is 13.1 Å². The average Bonchev–Trinajstić information content (AvgIpc) is 2.80. The van der Waals surface area contributed by atoms with Crippen molar-refractivity contribution in [2.75, 3.05) is 19.6 Å². The summed E-state index contributed by atoms with van der Waals surface area (Å²) in [6.45, 7) is 1.08. The lowest BCUT2D eigenvalue weighted by atomic mass is 9.97. The number of likely N-dealkylation sites (tertiary alicyclic amines) is 1. The van der Waals surface area contributed by atoms with E-state index < -0.39 is 12.1 Å². The van der Waals surface area contributed by atoms with E-state index in [4.69, 9.17) is 0 Å². The van der Waals surface area contributed by atoms with Crippen LogP contribution in [0.1, 0.15) is 25.7 Å². The highest BCUT2D eigenvalue weighted by molar-refractivity contribution is 5.82. The normalized spacial score (nSPS) is 30.6. The Morgan fingerprint density at radius 2 is 2.00 bits per heavy atom. The number of alkyl halides is 3. The summed E-state index contributed by atoms with van der Waals surface area (Å²) in [6, 6.07) is -0.262. The number of hydrogen-bond acceptors (Lipinski definition) is 2. The van der Waals surface area contributed by atoms with Gasteiger partial charge in [-0.3, -0.25) is 4.79 Å². The molecule has 0 bridgehead atoms. The summed E-state index contributed by atoms with van der Waals surface area (Å²) >= 11 is 0. The van der Waals surface area contributed by atoms with E-state index in [2.05, 4.69) is 5.32 Å². The fourth-order valence-electron chi connectivity index (χ4n) is 2.56. The SMILES string of the molecule is O=C([C@@H]1CCCN1)N1CCC[C@@H](C(F)(F)F)C1. The molecule has 0 aromatic carbocycles. The average molecular weight is 250 g/mol. The predicted molar refractivity (Wildman–Crippen MR) is 56.4 cm³/mol. The van der Waals surface area contributed by atoms with Gasteiger partial charge in [0.1, 0.15) is 0 Å². The number of carbonyl (C=O) groups excluding carboxylic acids is 1. The minimum Gasteiger partial charge on any atom is -0.341 e. The van der Waals surface area contributed by atoms with Gasteiger partial charge in [-0.25, -0.2) is 0 Å². The lowest BCUT2D eigenvalue weighted by Gasteiger charge is -2.35. The number of hydrogen-bond donors (Lipinski definition) is 1. The summed E-state index contributed by atoms with van der Waals surface area (Å²) in [6.07, 6.45) is -1.92. The molecule has 0 spiro atoms.